The molecule has 0 saturated carbocycles. The van der Waals surface area contributed by atoms with Gasteiger partial charge in [0.05, 0.1) is 36.0 Å². The highest BCUT2D eigenvalue weighted by atomic mass is 35.5. The van der Waals surface area contributed by atoms with Crippen molar-refractivity contribution in [3.63, 3.8) is 0 Å². The summed E-state index contributed by atoms with van der Waals surface area (Å²) in [6.45, 7) is 2.48. The smallest absolute Gasteiger partial charge is 0.255 e. The molecule has 1 N–H and O–H groups in total. The fourth-order valence-corrected chi connectivity index (χ4v) is 4.00. The van der Waals surface area contributed by atoms with E-state index in [0.717, 1.165) is 12.1 Å². The Balaban J connectivity index is 1.44. The van der Waals surface area contributed by atoms with E-state index in [1.54, 1.807) is 12.3 Å². The van der Waals surface area contributed by atoms with Crippen LogP contribution in [0.3, 0.4) is 0 Å². The van der Waals surface area contributed by atoms with Crippen LogP contribution in [-0.2, 0) is 4.74 Å². The Bertz CT molecular complexity index is 1470. The second-order valence-corrected chi connectivity index (χ2v) is 8.58. The summed E-state index contributed by atoms with van der Waals surface area (Å²) in [5.74, 6) is -3.25. The van der Waals surface area contributed by atoms with Crippen molar-refractivity contribution in [3.8, 4) is 0 Å². The zero-order valence-electron chi connectivity index (χ0n) is 18.8. The number of benzene rings is 3. The first kappa shape index (κ1) is 23.8. The molecule has 1 fully saturated rings. The lowest BCUT2D eigenvalue weighted by atomic mass is 10.0. The Kier molecular flexibility index (Phi) is 6.58. The number of rotatable bonds is 5. The van der Waals surface area contributed by atoms with E-state index in [1.165, 1.54) is 36.4 Å². The van der Waals surface area contributed by atoms with Gasteiger partial charge in [-0.15, -0.1) is 0 Å². The lowest BCUT2D eigenvalue weighted by molar-refractivity contribution is 0.101. The number of ketones is 1. The Morgan fingerprint density at radius 1 is 0.944 bits per heavy atom. The summed E-state index contributed by atoms with van der Waals surface area (Å²) in [6, 6.07) is 12.5. The maximum Gasteiger partial charge on any atom is 0.255 e. The van der Waals surface area contributed by atoms with Crippen molar-refractivity contribution in [3.05, 3.63) is 94.1 Å². The molecule has 1 amide bonds. The van der Waals surface area contributed by atoms with Crippen LogP contribution >= 0.6 is 11.6 Å². The number of morpholine rings is 1. The molecule has 0 atom stereocenters. The van der Waals surface area contributed by atoms with Gasteiger partial charge in [-0.3, -0.25) is 14.6 Å². The number of hydrogen-bond donors (Lipinski definition) is 1. The van der Waals surface area contributed by atoms with E-state index in [-0.39, 0.29) is 16.8 Å². The van der Waals surface area contributed by atoms with E-state index in [2.05, 4.69) is 15.3 Å². The van der Waals surface area contributed by atoms with Crippen molar-refractivity contribution in [2.24, 2.45) is 0 Å². The number of aromatic nitrogens is 2. The van der Waals surface area contributed by atoms with Crippen LogP contribution in [0.15, 0.2) is 60.8 Å². The van der Waals surface area contributed by atoms with Gasteiger partial charge in [0, 0.05) is 41.0 Å². The molecule has 2 heterocycles. The minimum atomic E-state index is -1.31. The summed E-state index contributed by atoms with van der Waals surface area (Å²) in [7, 11) is 0. The Labute approximate surface area is 209 Å². The molecular formula is C26H19ClF2N4O3. The third-order valence-corrected chi connectivity index (χ3v) is 6.02. The molecule has 5 rings (SSSR count). The molecule has 1 aliphatic rings. The number of anilines is 2. The predicted octanol–water partition coefficient (Wildman–Crippen LogP) is 4.88. The van der Waals surface area contributed by atoms with Crippen molar-refractivity contribution in [1.82, 2.24) is 9.97 Å². The second kappa shape index (κ2) is 9.96. The average molecular weight is 509 g/mol. The molecule has 0 unspecified atom stereocenters. The maximum atomic E-state index is 14.7. The van der Waals surface area contributed by atoms with E-state index in [4.69, 9.17) is 16.3 Å². The van der Waals surface area contributed by atoms with Crippen LogP contribution in [0.4, 0.5) is 20.3 Å². The highest BCUT2D eigenvalue weighted by Crippen LogP contribution is 2.24. The highest BCUT2D eigenvalue weighted by Gasteiger charge is 2.21. The first-order valence-corrected chi connectivity index (χ1v) is 11.5. The topological polar surface area (TPSA) is 84.4 Å². The van der Waals surface area contributed by atoms with E-state index in [0.29, 0.717) is 48.2 Å². The van der Waals surface area contributed by atoms with Gasteiger partial charge in [0.2, 0.25) is 0 Å². The molecule has 3 aromatic carbocycles. The van der Waals surface area contributed by atoms with Crippen LogP contribution in [-0.4, -0.2) is 48.0 Å². The molecule has 1 aromatic heterocycles. The number of nitrogens with zero attached hydrogens (tertiary/aromatic N) is 3. The summed E-state index contributed by atoms with van der Waals surface area (Å²) in [5, 5.41) is 2.94. The Morgan fingerprint density at radius 3 is 2.42 bits per heavy atom. The summed E-state index contributed by atoms with van der Waals surface area (Å²) in [4.78, 5) is 36.7. The summed E-state index contributed by atoms with van der Waals surface area (Å²) < 4.78 is 34.4. The fourth-order valence-electron chi connectivity index (χ4n) is 3.87. The lowest BCUT2D eigenvalue weighted by Gasteiger charge is -2.27. The Morgan fingerprint density at radius 2 is 1.67 bits per heavy atom. The summed E-state index contributed by atoms with van der Waals surface area (Å²) >= 11 is 5.84. The second-order valence-electron chi connectivity index (χ2n) is 8.14. The molecule has 1 saturated heterocycles. The molecule has 0 radical (unpaired) electrons. The number of hydrogen-bond acceptors (Lipinski definition) is 6. The van der Waals surface area contributed by atoms with Gasteiger partial charge in [0.25, 0.3) is 5.91 Å². The fraction of sp³-hybridized carbons (Fsp3) is 0.154. The number of nitrogens with one attached hydrogen (secondary N) is 1. The summed E-state index contributed by atoms with van der Waals surface area (Å²) in [5.41, 5.74) is 0.791. The largest absolute Gasteiger partial charge is 0.378 e. The highest BCUT2D eigenvalue weighted by molar-refractivity contribution is 6.30. The van der Waals surface area contributed by atoms with Crippen molar-refractivity contribution in [1.29, 1.82) is 0 Å². The molecule has 4 aromatic rings. The molecule has 7 nitrogen and oxygen atoms in total. The van der Waals surface area contributed by atoms with Gasteiger partial charge in [0.1, 0.15) is 5.82 Å². The summed E-state index contributed by atoms with van der Waals surface area (Å²) in [6.07, 6.45) is 1.65. The van der Waals surface area contributed by atoms with Crippen LogP contribution in [0.1, 0.15) is 26.3 Å². The van der Waals surface area contributed by atoms with Crippen molar-refractivity contribution in [2.45, 2.75) is 0 Å². The standard InChI is InChI=1S/C26H19ClF2N4O3/c27-17-4-1-15(2-5-17)26(35)31-18-12-19(24(29)20(28)13-18)25(34)16-3-6-21-22(11-16)32-23(14-30-21)33-7-9-36-10-8-33/h1-6,11-14H,7-10H2,(H,31,35). The van der Waals surface area contributed by atoms with Crippen LogP contribution in [0.2, 0.25) is 5.02 Å². The molecule has 182 valence electrons. The van der Waals surface area contributed by atoms with E-state index < -0.39 is 28.9 Å². The average Bonchev–Trinajstić information content (AvgIpc) is 2.90. The number of halogens is 3. The third-order valence-electron chi connectivity index (χ3n) is 5.76. The van der Waals surface area contributed by atoms with Gasteiger partial charge in [-0.05, 0) is 48.5 Å². The molecule has 0 spiro atoms. The lowest BCUT2D eigenvalue weighted by Crippen LogP contribution is -2.36. The first-order chi connectivity index (χ1) is 17.4. The first-order valence-electron chi connectivity index (χ1n) is 11.1. The van der Waals surface area contributed by atoms with Crippen molar-refractivity contribution >= 4 is 45.8 Å². The van der Waals surface area contributed by atoms with Gasteiger partial charge in [-0.2, -0.15) is 0 Å². The van der Waals surface area contributed by atoms with Gasteiger partial charge in [-0.1, -0.05) is 11.6 Å². The van der Waals surface area contributed by atoms with Crippen molar-refractivity contribution < 1.29 is 23.1 Å². The molecule has 36 heavy (non-hydrogen) atoms. The number of amides is 1. The normalized spacial score (nSPS) is 13.6. The van der Waals surface area contributed by atoms with E-state index in [1.807, 2.05) is 4.90 Å². The molecule has 10 heteroatoms. The minimum Gasteiger partial charge on any atom is -0.378 e. The monoisotopic (exact) mass is 508 g/mol. The van der Waals surface area contributed by atoms with Gasteiger partial charge in [-0.25, -0.2) is 13.8 Å². The van der Waals surface area contributed by atoms with Gasteiger partial charge >= 0.3 is 0 Å². The van der Waals surface area contributed by atoms with Crippen LogP contribution in [0.25, 0.3) is 11.0 Å². The van der Waals surface area contributed by atoms with E-state index >= 15 is 0 Å². The zero-order valence-corrected chi connectivity index (χ0v) is 19.6. The van der Waals surface area contributed by atoms with Gasteiger partial charge in [0.15, 0.2) is 17.4 Å². The van der Waals surface area contributed by atoms with E-state index in [9.17, 15) is 18.4 Å². The number of carbonyl (C=O) groups excluding carboxylic acids is 2. The van der Waals surface area contributed by atoms with Gasteiger partial charge < -0.3 is 15.0 Å². The third kappa shape index (κ3) is 4.89. The molecule has 0 bridgehead atoms. The van der Waals surface area contributed by atoms with Crippen LogP contribution < -0.4 is 10.2 Å². The SMILES string of the molecule is O=C(Nc1cc(F)c(F)c(C(=O)c2ccc3ncc(N4CCOCC4)nc3c2)c1)c1ccc(Cl)cc1. The number of carbonyl (C=O) groups is 2. The van der Waals surface area contributed by atoms with Crippen molar-refractivity contribution in [2.75, 3.05) is 36.5 Å². The molecule has 0 aliphatic carbocycles. The van der Waals surface area contributed by atoms with Crippen LogP contribution in [0, 0.1) is 11.6 Å². The quantitative estimate of drug-likeness (QED) is 0.387. The number of ether oxygens (including phenoxy) is 1. The zero-order chi connectivity index (χ0) is 25.2. The molecule has 1 aliphatic heterocycles. The minimum absolute atomic E-state index is 0.0626. The van der Waals surface area contributed by atoms with Crippen LogP contribution in [0.5, 0.6) is 0 Å². The Hall–Kier alpha value is -3.95. The predicted molar refractivity (Wildman–Crippen MR) is 132 cm³/mol. The maximum absolute atomic E-state index is 14.7. The number of fused-ring (bicyclic) bond motifs is 1. The molecular weight excluding hydrogens is 490 g/mol.